The molecular weight excluding hydrogens is 152 g/mol. The maximum absolute atomic E-state index is 9.21. The lowest BCUT2D eigenvalue weighted by molar-refractivity contribution is 0.168. The van der Waals surface area contributed by atoms with E-state index in [4.69, 9.17) is 0 Å². The second kappa shape index (κ2) is 4.21. The summed E-state index contributed by atoms with van der Waals surface area (Å²) in [6.07, 6.45) is 2.27. The van der Waals surface area contributed by atoms with Crippen molar-refractivity contribution in [2.24, 2.45) is 0 Å². The van der Waals surface area contributed by atoms with Gasteiger partial charge in [-0.2, -0.15) is 0 Å². The summed E-state index contributed by atoms with van der Waals surface area (Å²) in [6.45, 7) is 5.72. The van der Waals surface area contributed by atoms with Gasteiger partial charge in [-0.25, -0.2) is 0 Å². The van der Waals surface area contributed by atoms with E-state index >= 15 is 0 Å². The Bertz CT molecular complexity index is 134. The maximum Gasteiger partial charge on any atom is 0.0626 e. The third kappa shape index (κ3) is 1.97. The third-order valence-electron chi connectivity index (χ3n) is 2.81. The first-order chi connectivity index (χ1) is 5.76. The van der Waals surface area contributed by atoms with Gasteiger partial charge in [0.15, 0.2) is 0 Å². The number of aliphatic hydroxyl groups is 1. The molecule has 1 atom stereocenters. The highest BCUT2D eigenvalue weighted by Gasteiger charge is 2.35. The zero-order chi connectivity index (χ0) is 9.03. The lowest BCUT2D eigenvalue weighted by Gasteiger charge is -2.26. The standard InChI is InChI=1S/C9H20N2O/c1-3-5-11-6-4-9(7-11,8-12)10-2/h10,12H,3-8H2,1-2H3. The number of nitrogens with one attached hydrogen (secondary N) is 1. The minimum Gasteiger partial charge on any atom is -0.394 e. The lowest BCUT2D eigenvalue weighted by Crippen LogP contribution is -2.48. The molecule has 0 saturated carbocycles. The molecule has 3 nitrogen and oxygen atoms in total. The van der Waals surface area contributed by atoms with Crippen LogP contribution >= 0.6 is 0 Å². The molecule has 1 heterocycles. The summed E-state index contributed by atoms with van der Waals surface area (Å²) in [5.74, 6) is 0. The van der Waals surface area contributed by atoms with Gasteiger partial charge in [0.25, 0.3) is 0 Å². The predicted octanol–water partition coefficient (Wildman–Crippen LogP) is 0.0526. The van der Waals surface area contributed by atoms with Crippen LogP contribution in [0.5, 0.6) is 0 Å². The van der Waals surface area contributed by atoms with Gasteiger partial charge < -0.3 is 15.3 Å². The van der Waals surface area contributed by atoms with Crippen molar-refractivity contribution in [1.29, 1.82) is 0 Å². The summed E-state index contributed by atoms with van der Waals surface area (Å²) < 4.78 is 0. The van der Waals surface area contributed by atoms with Gasteiger partial charge in [0.05, 0.1) is 12.1 Å². The first-order valence-corrected chi connectivity index (χ1v) is 4.78. The number of hydrogen-bond acceptors (Lipinski definition) is 3. The van der Waals surface area contributed by atoms with Crippen LogP contribution in [0.3, 0.4) is 0 Å². The minimum atomic E-state index is -0.0187. The van der Waals surface area contributed by atoms with Gasteiger partial charge in [0.1, 0.15) is 0 Å². The Balaban J connectivity index is 2.41. The van der Waals surface area contributed by atoms with Gasteiger partial charge in [-0.1, -0.05) is 6.92 Å². The minimum absolute atomic E-state index is 0.0187. The fourth-order valence-corrected chi connectivity index (χ4v) is 1.88. The number of nitrogens with zero attached hydrogens (tertiary/aromatic N) is 1. The molecule has 1 fully saturated rings. The molecule has 1 aliphatic rings. The van der Waals surface area contributed by atoms with Crippen molar-refractivity contribution in [2.75, 3.05) is 33.3 Å². The molecular formula is C9H20N2O. The summed E-state index contributed by atoms with van der Waals surface area (Å²) in [4.78, 5) is 2.41. The van der Waals surface area contributed by atoms with Crippen LogP contribution in [0, 0.1) is 0 Å². The van der Waals surface area contributed by atoms with Crippen molar-refractivity contribution in [3.05, 3.63) is 0 Å². The molecule has 0 amide bonds. The Hall–Kier alpha value is -0.120. The largest absolute Gasteiger partial charge is 0.394 e. The van der Waals surface area contributed by atoms with Crippen molar-refractivity contribution < 1.29 is 5.11 Å². The fourth-order valence-electron chi connectivity index (χ4n) is 1.88. The molecule has 3 heteroatoms. The SMILES string of the molecule is CCCN1CCC(CO)(NC)C1. The molecule has 0 aliphatic carbocycles. The van der Waals surface area contributed by atoms with Crippen LogP contribution in [0.1, 0.15) is 19.8 Å². The Labute approximate surface area is 74.8 Å². The van der Waals surface area contributed by atoms with Crippen LogP contribution in [0.25, 0.3) is 0 Å². The number of likely N-dealkylation sites (tertiary alicyclic amines) is 1. The normalized spacial score (nSPS) is 31.2. The Kier molecular flexibility index (Phi) is 3.50. The van der Waals surface area contributed by atoms with E-state index in [1.165, 1.54) is 6.42 Å². The van der Waals surface area contributed by atoms with Crippen molar-refractivity contribution >= 4 is 0 Å². The summed E-state index contributed by atoms with van der Waals surface area (Å²) >= 11 is 0. The number of hydrogen-bond donors (Lipinski definition) is 2. The van der Waals surface area contributed by atoms with Gasteiger partial charge in [-0.05, 0) is 26.4 Å². The molecule has 0 aromatic rings. The van der Waals surface area contributed by atoms with Gasteiger partial charge in [0.2, 0.25) is 0 Å². The van der Waals surface area contributed by atoms with Gasteiger partial charge >= 0.3 is 0 Å². The second-order valence-electron chi connectivity index (χ2n) is 3.71. The molecule has 0 aromatic carbocycles. The fraction of sp³-hybridized carbons (Fsp3) is 1.00. The van der Waals surface area contributed by atoms with Gasteiger partial charge in [-0.15, -0.1) is 0 Å². The number of aliphatic hydroxyl groups excluding tert-OH is 1. The Morgan fingerprint density at radius 1 is 1.58 bits per heavy atom. The average Bonchev–Trinajstić information content (AvgIpc) is 2.50. The van der Waals surface area contributed by atoms with E-state index in [2.05, 4.69) is 17.1 Å². The topological polar surface area (TPSA) is 35.5 Å². The summed E-state index contributed by atoms with van der Waals surface area (Å²) in [7, 11) is 1.94. The van der Waals surface area contributed by atoms with E-state index in [0.29, 0.717) is 0 Å². The van der Waals surface area contributed by atoms with Crippen molar-refractivity contribution in [3.63, 3.8) is 0 Å². The first kappa shape index (κ1) is 9.96. The molecule has 1 aliphatic heterocycles. The highest BCUT2D eigenvalue weighted by Crippen LogP contribution is 2.20. The average molecular weight is 172 g/mol. The van der Waals surface area contributed by atoms with Gasteiger partial charge in [0, 0.05) is 13.1 Å². The summed E-state index contributed by atoms with van der Waals surface area (Å²) in [5.41, 5.74) is -0.0187. The Morgan fingerprint density at radius 2 is 2.33 bits per heavy atom. The van der Waals surface area contributed by atoms with Gasteiger partial charge in [-0.3, -0.25) is 0 Å². The molecule has 72 valence electrons. The van der Waals surface area contributed by atoms with E-state index < -0.39 is 0 Å². The van der Waals surface area contributed by atoms with E-state index in [0.717, 1.165) is 26.1 Å². The molecule has 0 bridgehead atoms. The first-order valence-electron chi connectivity index (χ1n) is 4.78. The highest BCUT2D eigenvalue weighted by atomic mass is 16.3. The zero-order valence-corrected chi connectivity index (χ0v) is 8.14. The number of likely N-dealkylation sites (N-methyl/N-ethyl adjacent to an activating group) is 1. The van der Waals surface area contributed by atoms with Crippen molar-refractivity contribution in [1.82, 2.24) is 10.2 Å². The van der Waals surface area contributed by atoms with Crippen molar-refractivity contribution in [3.8, 4) is 0 Å². The Morgan fingerprint density at radius 3 is 2.75 bits per heavy atom. The predicted molar refractivity (Wildman–Crippen MR) is 50.2 cm³/mol. The quantitative estimate of drug-likeness (QED) is 0.629. The van der Waals surface area contributed by atoms with Crippen LogP contribution in [0.2, 0.25) is 0 Å². The van der Waals surface area contributed by atoms with Crippen molar-refractivity contribution in [2.45, 2.75) is 25.3 Å². The molecule has 12 heavy (non-hydrogen) atoms. The molecule has 0 spiro atoms. The molecule has 0 aromatic heterocycles. The van der Waals surface area contributed by atoms with Crippen LogP contribution in [-0.2, 0) is 0 Å². The summed E-state index contributed by atoms with van der Waals surface area (Å²) in [5, 5.41) is 12.4. The molecule has 1 unspecified atom stereocenters. The van der Waals surface area contributed by atoms with E-state index in [-0.39, 0.29) is 12.1 Å². The highest BCUT2D eigenvalue weighted by molar-refractivity contribution is 4.95. The van der Waals surface area contributed by atoms with E-state index in [9.17, 15) is 5.11 Å². The van der Waals surface area contributed by atoms with Crippen LogP contribution in [0.15, 0.2) is 0 Å². The van der Waals surface area contributed by atoms with E-state index in [1.54, 1.807) is 0 Å². The molecule has 2 N–H and O–H groups in total. The zero-order valence-electron chi connectivity index (χ0n) is 8.14. The van der Waals surface area contributed by atoms with E-state index in [1.807, 2.05) is 7.05 Å². The molecule has 1 rings (SSSR count). The smallest absolute Gasteiger partial charge is 0.0626 e. The van der Waals surface area contributed by atoms with Crippen LogP contribution in [-0.4, -0.2) is 48.8 Å². The lowest BCUT2D eigenvalue weighted by atomic mass is 10.0. The number of rotatable bonds is 4. The van der Waals surface area contributed by atoms with Crippen LogP contribution in [0.4, 0.5) is 0 Å². The third-order valence-corrected chi connectivity index (χ3v) is 2.81. The summed E-state index contributed by atoms with van der Waals surface area (Å²) in [6, 6.07) is 0. The second-order valence-corrected chi connectivity index (χ2v) is 3.71. The monoisotopic (exact) mass is 172 g/mol. The molecule has 1 saturated heterocycles. The van der Waals surface area contributed by atoms with Crippen LogP contribution < -0.4 is 5.32 Å². The maximum atomic E-state index is 9.21. The molecule has 0 radical (unpaired) electrons.